The highest BCUT2D eigenvalue weighted by Crippen LogP contribution is 2.17. The van der Waals surface area contributed by atoms with Gasteiger partial charge in [-0.05, 0) is 24.3 Å². The van der Waals surface area contributed by atoms with Gasteiger partial charge in [0.05, 0.1) is 5.56 Å². The minimum Gasteiger partial charge on any atom is -0.321 e. The van der Waals surface area contributed by atoms with Crippen molar-refractivity contribution in [2.45, 2.75) is 0 Å². The average molecular weight is 252 g/mol. The number of aldehydes is 1. The summed E-state index contributed by atoms with van der Waals surface area (Å²) in [7, 11) is 0. The molecule has 2 aromatic rings. The van der Waals surface area contributed by atoms with Gasteiger partial charge in [0.1, 0.15) is 0 Å². The number of aromatic amines is 1. The van der Waals surface area contributed by atoms with E-state index in [1.165, 1.54) is 0 Å². The molecule has 1 aromatic heterocycles. The largest absolute Gasteiger partial charge is 0.321 e. The van der Waals surface area contributed by atoms with E-state index in [2.05, 4.69) is 20.9 Å². The number of hydrogen-bond donors (Lipinski definition) is 1. The Hall–Kier alpha value is -1.42. The Kier molecular flexibility index (Phi) is 2.21. The van der Waals surface area contributed by atoms with Crippen molar-refractivity contribution in [3.8, 4) is 0 Å². The topological polar surface area (TPSA) is 49.9 Å². The Morgan fingerprint density at radius 3 is 2.79 bits per heavy atom. The number of aromatic nitrogens is 1. The van der Waals surface area contributed by atoms with Crippen LogP contribution >= 0.6 is 15.9 Å². The first-order valence-corrected chi connectivity index (χ1v) is 4.78. The number of nitrogens with one attached hydrogen (secondary N) is 1. The van der Waals surface area contributed by atoms with Crippen LogP contribution in [0.1, 0.15) is 10.4 Å². The SMILES string of the molecule is O=Cc1cc2cc(Br)ccc2[nH]c1=O. The van der Waals surface area contributed by atoms with E-state index in [1.807, 2.05) is 12.1 Å². The van der Waals surface area contributed by atoms with Crippen molar-refractivity contribution < 1.29 is 4.79 Å². The number of fused-ring (bicyclic) bond motifs is 1. The number of H-pyrrole nitrogens is 1. The zero-order chi connectivity index (χ0) is 10.1. The zero-order valence-corrected chi connectivity index (χ0v) is 8.67. The molecule has 70 valence electrons. The van der Waals surface area contributed by atoms with Crippen molar-refractivity contribution >= 4 is 33.1 Å². The predicted octanol–water partition coefficient (Wildman–Crippen LogP) is 2.10. The summed E-state index contributed by atoms with van der Waals surface area (Å²) in [4.78, 5) is 24.4. The summed E-state index contributed by atoms with van der Waals surface area (Å²) in [5.74, 6) is 0. The molecule has 1 N–H and O–H groups in total. The van der Waals surface area contributed by atoms with E-state index in [-0.39, 0.29) is 11.1 Å². The van der Waals surface area contributed by atoms with Crippen molar-refractivity contribution in [1.29, 1.82) is 0 Å². The molecular formula is C10H6BrNO2. The van der Waals surface area contributed by atoms with Crippen LogP contribution in [0.25, 0.3) is 10.9 Å². The van der Waals surface area contributed by atoms with Gasteiger partial charge in [0.15, 0.2) is 6.29 Å². The van der Waals surface area contributed by atoms with Gasteiger partial charge in [-0.15, -0.1) is 0 Å². The van der Waals surface area contributed by atoms with Gasteiger partial charge in [0.25, 0.3) is 5.56 Å². The predicted molar refractivity (Wildman–Crippen MR) is 57.7 cm³/mol. The second-order valence-corrected chi connectivity index (χ2v) is 3.82. The van der Waals surface area contributed by atoms with Gasteiger partial charge in [-0.2, -0.15) is 0 Å². The van der Waals surface area contributed by atoms with Crippen LogP contribution in [-0.4, -0.2) is 11.3 Å². The van der Waals surface area contributed by atoms with E-state index in [9.17, 15) is 9.59 Å². The fourth-order valence-electron chi connectivity index (χ4n) is 1.28. The number of halogens is 1. The van der Waals surface area contributed by atoms with E-state index in [4.69, 9.17) is 0 Å². The van der Waals surface area contributed by atoms with Crippen LogP contribution in [0.2, 0.25) is 0 Å². The quantitative estimate of drug-likeness (QED) is 0.790. The minimum atomic E-state index is -0.352. The maximum absolute atomic E-state index is 11.3. The molecule has 0 unspecified atom stereocenters. The van der Waals surface area contributed by atoms with Gasteiger partial charge in [-0.25, -0.2) is 0 Å². The van der Waals surface area contributed by atoms with Crippen LogP contribution in [0.3, 0.4) is 0 Å². The van der Waals surface area contributed by atoms with Crippen molar-refractivity contribution in [2.24, 2.45) is 0 Å². The fourth-order valence-corrected chi connectivity index (χ4v) is 1.66. The lowest BCUT2D eigenvalue weighted by Gasteiger charge is -1.98. The smallest absolute Gasteiger partial charge is 0.259 e. The molecule has 0 bridgehead atoms. The third-order valence-corrected chi connectivity index (χ3v) is 2.46. The molecule has 1 aromatic carbocycles. The molecular weight excluding hydrogens is 246 g/mol. The Balaban J connectivity index is 2.86. The summed E-state index contributed by atoms with van der Waals surface area (Å²) >= 11 is 3.32. The van der Waals surface area contributed by atoms with Gasteiger partial charge in [0, 0.05) is 15.4 Å². The van der Waals surface area contributed by atoms with Crippen LogP contribution in [-0.2, 0) is 0 Å². The summed E-state index contributed by atoms with van der Waals surface area (Å²) in [6.07, 6.45) is 0.555. The molecule has 4 heteroatoms. The Bertz CT molecular complexity index is 560. The molecule has 14 heavy (non-hydrogen) atoms. The molecule has 0 fully saturated rings. The highest BCUT2D eigenvalue weighted by atomic mass is 79.9. The molecule has 0 aliphatic heterocycles. The summed E-state index contributed by atoms with van der Waals surface area (Å²) < 4.78 is 0.911. The number of rotatable bonds is 1. The van der Waals surface area contributed by atoms with Crippen LogP contribution in [0.4, 0.5) is 0 Å². The molecule has 0 atom stereocenters. The number of hydrogen-bond acceptors (Lipinski definition) is 2. The van der Waals surface area contributed by atoms with Crippen LogP contribution in [0.15, 0.2) is 33.5 Å². The highest BCUT2D eigenvalue weighted by molar-refractivity contribution is 9.10. The van der Waals surface area contributed by atoms with Crippen molar-refractivity contribution in [3.05, 3.63) is 44.7 Å². The van der Waals surface area contributed by atoms with E-state index < -0.39 is 0 Å². The van der Waals surface area contributed by atoms with Crippen molar-refractivity contribution in [1.82, 2.24) is 4.98 Å². The van der Waals surface area contributed by atoms with E-state index in [0.717, 1.165) is 15.4 Å². The standard InChI is InChI=1S/C10H6BrNO2/c11-8-1-2-9-6(4-8)3-7(5-13)10(14)12-9/h1-5H,(H,12,14). The zero-order valence-electron chi connectivity index (χ0n) is 7.08. The van der Waals surface area contributed by atoms with Crippen LogP contribution < -0.4 is 5.56 Å². The normalized spacial score (nSPS) is 10.4. The molecule has 0 amide bonds. The van der Waals surface area contributed by atoms with Crippen molar-refractivity contribution in [2.75, 3.05) is 0 Å². The maximum atomic E-state index is 11.3. The van der Waals surface area contributed by atoms with Crippen LogP contribution in [0.5, 0.6) is 0 Å². The monoisotopic (exact) mass is 251 g/mol. The number of carbonyl (C=O) groups excluding carboxylic acids is 1. The summed E-state index contributed by atoms with van der Waals surface area (Å²) in [5.41, 5.74) is 0.522. The molecule has 1 heterocycles. The average Bonchev–Trinajstić information content (AvgIpc) is 2.17. The van der Waals surface area contributed by atoms with Crippen LogP contribution in [0, 0.1) is 0 Å². The molecule has 0 saturated carbocycles. The first kappa shape index (κ1) is 9.15. The second kappa shape index (κ2) is 3.38. The number of carbonyl (C=O) groups is 1. The van der Waals surface area contributed by atoms with Crippen molar-refractivity contribution in [3.63, 3.8) is 0 Å². The summed E-state index contributed by atoms with van der Waals surface area (Å²) in [6, 6.07) is 7.04. The van der Waals surface area contributed by atoms with Gasteiger partial charge in [0.2, 0.25) is 0 Å². The Labute approximate surface area is 87.9 Å². The van der Waals surface area contributed by atoms with Gasteiger partial charge >= 0.3 is 0 Å². The molecule has 0 radical (unpaired) electrons. The molecule has 0 aliphatic rings. The fraction of sp³-hybridized carbons (Fsp3) is 0. The number of benzene rings is 1. The third kappa shape index (κ3) is 1.48. The van der Waals surface area contributed by atoms with E-state index >= 15 is 0 Å². The lowest BCUT2D eigenvalue weighted by molar-refractivity contribution is 0.112. The first-order valence-electron chi connectivity index (χ1n) is 3.98. The minimum absolute atomic E-state index is 0.149. The summed E-state index contributed by atoms with van der Waals surface area (Å²) in [5, 5.41) is 0.834. The summed E-state index contributed by atoms with van der Waals surface area (Å²) in [6.45, 7) is 0. The first-order chi connectivity index (χ1) is 6.70. The second-order valence-electron chi connectivity index (χ2n) is 2.90. The molecule has 0 aliphatic carbocycles. The lowest BCUT2D eigenvalue weighted by atomic mass is 10.2. The van der Waals surface area contributed by atoms with Gasteiger partial charge in [-0.3, -0.25) is 9.59 Å². The number of pyridine rings is 1. The third-order valence-electron chi connectivity index (χ3n) is 1.96. The van der Waals surface area contributed by atoms with Gasteiger partial charge in [-0.1, -0.05) is 15.9 Å². The Morgan fingerprint density at radius 2 is 2.07 bits per heavy atom. The van der Waals surface area contributed by atoms with E-state index in [0.29, 0.717) is 6.29 Å². The van der Waals surface area contributed by atoms with E-state index in [1.54, 1.807) is 12.1 Å². The molecule has 0 spiro atoms. The lowest BCUT2D eigenvalue weighted by Crippen LogP contribution is -2.11. The molecule has 2 rings (SSSR count). The maximum Gasteiger partial charge on any atom is 0.259 e. The highest BCUT2D eigenvalue weighted by Gasteiger charge is 2.01. The molecule has 3 nitrogen and oxygen atoms in total. The molecule has 0 saturated heterocycles. The Morgan fingerprint density at radius 1 is 1.29 bits per heavy atom. The van der Waals surface area contributed by atoms with Gasteiger partial charge < -0.3 is 4.98 Å².